The van der Waals surface area contributed by atoms with Gasteiger partial charge in [0, 0.05) is 11.8 Å². The van der Waals surface area contributed by atoms with Gasteiger partial charge in [0.2, 0.25) is 0 Å². The predicted octanol–water partition coefficient (Wildman–Crippen LogP) is 4.05. The normalized spacial score (nSPS) is 37.6. The van der Waals surface area contributed by atoms with E-state index >= 15 is 0 Å². The number of carbonyl (C=O) groups excluding carboxylic acids is 1. The number of carbonyl (C=O) groups is 1. The van der Waals surface area contributed by atoms with E-state index in [0.29, 0.717) is 11.7 Å². The zero-order valence-electron chi connectivity index (χ0n) is 13.1. The highest BCUT2D eigenvalue weighted by molar-refractivity contribution is 5.90. The quantitative estimate of drug-likeness (QED) is 0.777. The molecular formula is C19H24O2. The Bertz CT molecular complexity index is 606. The summed E-state index contributed by atoms with van der Waals surface area (Å²) in [4.78, 5) is 12.1. The smallest absolute Gasteiger partial charge is 0.139 e. The van der Waals surface area contributed by atoms with Gasteiger partial charge in [-0.05, 0) is 73.1 Å². The number of benzene rings is 1. The minimum atomic E-state index is 0.0775. The number of rotatable bonds is 1. The van der Waals surface area contributed by atoms with Crippen molar-refractivity contribution in [2.75, 3.05) is 7.11 Å². The molecule has 1 aromatic rings. The van der Waals surface area contributed by atoms with Crippen molar-refractivity contribution >= 4 is 5.78 Å². The Labute approximate surface area is 126 Å². The molecule has 0 aliphatic heterocycles. The summed E-state index contributed by atoms with van der Waals surface area (Å²) < 4.78 is 5.38. The molecule has 2 nitrogen and oxygen atoms in total. The Kier molecular flexibility index (Phi) is 2.76. The maximum atomic E-state index is 12.1. The molecule has 3 aliphatic rings. The first-order valence-electron chi connectivity index (χ1n) is 8.28. The van der Waals surface area contributed by atoms with Crippen molar-refractivity contribution in [3.63, 3.8) is 0 Å². The molecule has 0 heterocycles. The van der Waals surface area contributed by atoms with Crippen LogP contribution in [-0.4, -0.2) is 12.9 Å². The molecule has 0 radical (unpaired) electrons. The zero-order valence-corrected chi connectivity index (χ0v) is 13.1. The maximum Gasteiger partial charge on any atom is 0.139 e. The minimum absolute atomic E-state index is 0.0775. The average Bonchev–Trinajstić information content (AvgIpc) is 2.52. The molecule has 0 N–H and O–H groups in total. The second-order valence-electron chi connectivity index (χ2n) is 7.58. The summed E-state index contributed by atoms with van der Waals surface area (Å²) in [6.45, 7) is 2.43. The number of ketones is 1. The van der Waals surface area contributed by atoms with Gasteiger partial charge in [0.25, 0.3) is 0 Å². The van der Waals surface area contributed by atoms with E-state index in [1.54, 1.807) is 7.11 Å². The molecule has 0 aromatic heterocycles. The number of ether oxygens (including phenoxy) is 1. The van der Waals surface area contributed by atoms with E-state index in [0.717, 1.165) is 37.9 Å². The van der Waals surface area contributed by atoms with Crippen LogP contribution in [0.4, 0.5) is 0 Å². The van der Waals surface area contributed by atoms with Crippen molar-refractivity contribution in [2.45, 2.75) is 57.3 Å². The summed E-state index contributed by atoms with van der Waals surface area (Å²) in [6, 6.07) is 6.60. The summed E-state index contributed by atoms with van der Waals surface area (Å²) in [5, 5.41) is 0. The summed E-state index contributed by atoms with van der Waals surface area (Å²) in [5.74, 6) is 2.19. The molecule has 1 spiro atoms. The van der Waals surface area contributed by atoms with E-state index in [2.05, 4.69) is 25.1 Å². The van der Waals surface area contributed by atoms with Gasteiger partial charge in [-0.2, -0.15) is 0 Å². The van der Waals surface area contributed by atoms with Crippen LogP contribution in [0.1, 0.15) is 56.6 Å². The molecule has 0 unspecified atom stereocenters. The molecule has 0 bridgehead atoms. The molecule has 2 heteroatoms. The minimum Gasteiger partial charge on any atom is -0.497 e. The third kappa shape index (κ3) is 1.74. The second-order valence-corrected chi connectivity index (χ2v) is 7.58. The highest BCUT2D eigenvalue weighted by Crippen LogP contribution is 2.59. The fourth-order valence-electron chi connectivity index (χ4n) is 5.13. The van der Waals surface area contributed by atoms with E-state index in [4.69, 9.17) is 4.74 Å². The van der Waals surface area contributed by atoms with Crippen LogP contribution in [0.5, 0.6) is 5.75 Å². The lowest BCUT2D eigenvalue weighted by molar-refractivity contribution is -0.144. The van der Waals surface area contributed by atoms with Crippen molar-refractivity contribution in [3.8, 4) is 5.75 Å². The highest BCUT2D eigenvalue weighted by Gasteiger charge is 2.55. The van der Waals surface area contributed by atoms with E-state index in [1.165, 1.54) is 24.0 Å². The molecule has 0 amide bonds. The number of hydrogen-bond donors (Lipinski definition) is 0. The zero-order chi connectivity index (χ0) is 14.7. The summed E-state index contributed by atoms with van der Waals surface area (Å²) >= 11 is 0. The standard InChI is InChI=1S/C19H24O2/c1-18-9-10-19(8-7-17(19)20)12-14(18)4-3-13-11-15(21-2)5-6-16(13)18/h5-6,11,14H,3-4,7-10,12H2,1-2H3/t14-,18-,19-/m1/s1. The van der Waals surface area contributed by atoms with Crippen molar-refractivity contribution in [3.05, 3.63) is 29.3 Å². The molecule has 4 rings (SSSR count). The number of hydrogen-bond acceptors (Lipinski definition) is 2. The van der Waals surface area contributed by atoms with Crippen LogP contribution in [-0.2, 0) is 16.6 Å². The monoisotopic (exact) mass is 284 g/mol. The first-order valence-corrected chi connectivity index (χ1v) is 8.28. The van der Waals surface area contributed by atoms with Gasteiger partial charge < -0.3 is 4.74 Å². The van der Waals surface area contributed by atoms with Crippen LogP contribution >= 0.6 is 0 Å². The first-order chi connectivity index (χ1) is 10.1. The first kappa shape index (κ1) is 13.4. The predicted molar refractivity (Wildman–Crippen MR) is 82.7 cm³/mol. The molecule has 21 heavy (non-hydrogen) atoms. The van der Waals surface area contributed by atoms with Crippen LogP contribution in [0, 0.1) is 11.3 Å². The molecule has 1 aromatic carbocycles. The van der Waals surface area contributed by atoms with Gasteiger partial charge >= 0.3 is 0 Å². The van der Waals surface area contributed by atoms with Crippen LogP contribution in [0.2, 0.25) is 0 Å². The fourth-order valence-corrected chi connectivity index (χ4v) is 5.13. The van der Waals surface area contributed by atoms with E-state index in [-0.39, 0.29) is 10.8 Å². The summed E-state index contributed by atoms with van der Waals surface area (Å²) in [6.07, 6.45) is 7.74. The van der Waals surface area contributed by atoms with Crippen molar-refractivity contribution in [1.82, 2.24) is 0 Å². The molecule has 2 saturated carbocycles. The third-order valence-corrected chi connectivity index (χ3v) is 6.77. The Balaban J connectivity index is 1.69. The number of methoxy groups -OCH3 is 1. The van der Waals surface area contributed by atoms with Crippen LogP contribution in [0.3, 0.4) is 0 Å². The van der Waals surface area contributed by atoms with Gasteiger partial charge in [-0.1, -0.05) is 13.0 Å². The van der Waals surface area contributed by atoms with Gasteiger partial charge in [0.1, 0.15) is 11.5 Å². The number of fused-ring (bicyclic) bond motifs is 3. The molecule has 2 fully saturated rings. The van der Waals surface area contributed by atoms with Crippen LogP contribution in [0.15, 0.2) is 18.2 Å². The van der Waals surface area contributed by atoms with Gasteiger partial charge in [0.05, 0.1) is 7.11 Å². The largest absolute Gasteiger partial charge is 0.497 e. The van der Waals surface area contributed by atoms with Gasteiger partial charge in [-0.15, -0.1) is 0 Å². The van der Waals surface area contributed by atoms with E-state index in [1.807, 2.05) is 0 Å². The molecule has 0 saturated heterocycles. The van der Waals surface area contributed by atoms with Crippen molar-refractivity contribution < 1.29 is 9.53 Å². The summed E-state index contributed by atoms with van der Waals surface area (Å²) in [7, 11) is 1.74. The number of aryl methyl sites for hydroxylation is 1. The van der Waals surface area contributed by atoms with E-state index in [9.17, 15) is 4.79 Å². The Morgan fingerprint density at radius 3 is 2.71 bits per heavy atom. The lowest BCUT2D eigenvalue weighted by atomic mass is 9.48. The summed E-state index contributed by atoms with van der Waals surface area (Å²) in [5.41, 5.74) is 3.32. The maximum absolute atomic E-state index is 12.1. The SMILES string of the molecule is COc1ccc2c(c1)CC[C@@H]1C[C@@]3(CCC3=O)CC[C@@]21C. The molecule has 3 aliphatic carbocycles. The van der Waals surface area contributed by atoms with Crippen molar-refractivity contribution in [2.24, 2.45) is 11.3 Å². The van der Waals surface area contributed by atoms with Crippen molar-refractivity contribution in [1.29, 1.82) is 0 Å². The molecule has 3 atom stereocenters. The van der Waals surface area contributed by atoms with Crippen LogP contribution < -0.4 is 4.74 Å². The average molecular weight is 284 g/mol. The van der Waals surface area contributed by atoms with Crippen LogP contribution in [0.25, 0.3) is 0 Å². The molecular weight excluding hydrogens is 260 g/mol. The Hall–Kier alpha value is -1.31. The molecule has 112 valence electrons. The number of Topliss-reactive ketones (excluding diaryl/α,β-unsaturated/α-hetero) is 1. The topological polar surface area (TPSA) is 26.3 Å². The highest BCUT2D eigenvalue weighted by atomic mass is 16.5. The lowest BCUT2D eigenvalue weighted by Crippen LogP contribution is -2.52. The fraction of sp³-hybridized carbons (Fsp3) is 0.632. The second kappa shape index (κ2) is 4.34. The van der Waals surface area contributed by atoms with Gasteiger partial charge in [0.15, 0.2) is 0 Å². The Morgan fingerprint density at radius 2 is 2.05 bits per heavy atom. The third-order valence-electron chi connectivity index (χ3n) is 6.77. The van der Waals surface area contributed by atoms with E-state index < -0.39 is 0 Å². The van der Waals surface area contributed by atoms with Gasteiger partial charge in [-0.25, -0.2) is 0 Å². The lowest BCUT2D eigenvalue weighted by Gasteiger charge is -2.55. The Morgan fingerprint density at radius 1 is 1.19 bits per heavy atom. The van der Waals surface area contributed by atoms with Gasteiger partial charge in [-0.3, -0.25) is 4.79 Å².